The first-order valence-corrected chi connectivity index (χ1v) is 8.51. The van der Waals surface area contributed by atoms with Crippen molar-refractivity contribution >= 4 is 9.84 Å². The molecule has 1 aromatic rings. The fourth-order valence-electron chi connectivity index (χ4n) is 2.24. The molecule has 1 unspecified atom stereocenters. The quantitative estimate of drug-likeness (QED) is 0.864. The summed E-state index contributed by atoms with van der Waals surface area (Å²) in [6.07, 6.45) is 1.78. The van der Waals surface area contributed by atoms with E-state index in [-0.39, 0.29) is 16.7 Å². The monoisotopic (exact) mass is 299 g/mol. The molecule has 0 fully saturated rings. The van der Waals surface area contributed by atoms with E-state index in [2.05, 4.69) is 5.32 Å². The molecule has 1 atom stereocenters. The molecule has 0 aromatic heterocycles. The van der Waals surface area contributed by atoms with E-state index in [0.717, 1.165) is 12.8 Å². The first kappa shape index (κ1) is 15.1. The molecule has 0 aliphatic carbocycles. The average molecular weight is 299 g/mol. The van der Waals surface area contributed by atoms with Gasteiger partial charge < -0.3 is 14.8 Å². The third-order valence-electron chi connectivity index (χ3n) is 3.34. The largest absolute Gasteiger partial charge is 0.486 e. The SMILES string of the molecule is CCCC(CS(=O)(=O)c1ccc2c(c1)OCCO2)NC. The summed E-state index contributed by atoms with van der Waals surface area (Å²) < 4.78 is 35.7. The van der Waals surface area contributed by atoms with Gasteiger partial charge in [0.15, 0.2) is 21.3 Å². The summed E-state index contributed by atoms with van der Waals surface area (Å²) >= 11 is 0. The summed E-state index contributed by atoms with van der Waals surface area (Å²) in [6, 6.07) is 4.78. The van der Waals surface area contributed by atoms with Gasteiger partial charge >= 0.3 is 0 Å². The zero-order chi connectivity index (χ0) is 14.6. The molecular weight excluding hydrogens is 278 g/mol. The molecule has 2 rings (SSSR count). The first-order chi connectivity index (χ1) is 9.56. The minimum Gasteiger partial charge on any atom is -0.486 e. The number of sulfone groups is 1. The Morgan fingerprint density at radius 1 is 1.25 bits per heavy atom. The third kappa shape index (κ3) is 3.43. The number of ether oxygens (including phenoxy) is 2. The van der Waals surface area contributed by atoms with E-state index in [0.29, 0.717) is 24.7 Å². The van der Waals surface area contributed by atoms with Crippen molar-refractivity contribution in [2.45, 2.75) is 30.7 Å². The number of hydrogen-bond donors (Lipinski definition) is 1. The van der Waals surface area contributed by atoms with Gasteiger partial charge in [-0.15, -0.1) is 0 Å². The Hall–Kier alpha value is -1.27. The molecule has 20 heavy (non-hydrogen) atoms. The van der Waals surface area contributed by atoms with Crippen LogP contribution in [0.5, 0.6) is 11.5 Å². The van der Waals surface area contributed by atoms with Crippen LogP contribution in [0.3, 0.4) is 0 Å². The minimum atomic E-state index is -3.33. The van der Waals surface area contributed by atoms with Crippen LogP contribution in [0.25, 0.3) is 0 Å². The lowest BCUT2D eigenvalue weighted by molar-refractivity contribution is 0.171. The molecule has 1 aliphatic rings. The zero-order valence-electron chi connectivity index (χ0n) is 11.9. The van der Waals surface area contributed by atoms with Gasteiger partial charge in [0, 0.05) is 12.1 Å². The highest BCUT2D eigenvalue weighted by Crippen LogP contribution is 2.32. The second-order valence-electron chi connectivity index (χ2n) is 4.86. The van der Waals surface area contributed by atoms with Gasteiger partial charge in [-0.1, -0.05) is 13.3 Å². The Kier molecular flexibility index (Phi) is 4.88. The lowest BCUT2D eigenvalue weighted by atomic mass is 10.2. The number of rotatable bonds is 6. The lowest BCUT2D eigenvalue weighted by Gasteiger charge is -2.20. The molecule has 1 aliphatic heterocycles. The van der Waals surface area contributed by atoms with Crippen LogP contribution in [0.4, 0.5) is 0 Å². The minimum absolute atomic E-state index is 0.0294. The van der Waals surface area contributed by atoms with Gasteiger partial charge in [-0.3, -0.25) is 0 Å². The van der Waals surface area contributed by atoms with E-state index in [1.807, 2.05) is 6.92 Å². The standard InChI is InChI=1S/C14H21NO4S/c1-3-4-11(15-2)10-20(16,17)12-5-6-13-14(9-12)19-8-7-18-13/h5-6,9,11,15H,3-4,7-8,10H2,1-2H3. The number of nitrogens with one attached hydrogen (secondary N) is 1. The van der Waals surface area contributed by atoms with Crippen molar-refractivity contribution in [1.29, 1.82) is 0 Å². The maximum atomic E-state index is 12.4. The van der Waals surface area contributed by atoms with E-state index in [1.54, 1.807) is 25.2 Å². The number of fused-ring (bicyclic) bond motifs is 1. The summed E-state index contributed by atoms with van der Waals surface area (Å²) in [5, 5.41) is 3.06. The molecule has 0 spiro atoms. The molecule has 1 heterocycles. The van der Waals surface area contributed by atoms with Crippen LogP contribution in [0.1, 0.15) is 19.8 Å². The van der Waals surface area contributed by atoms with E-state index in [9.17, 15) is 8.42 Å². The third-order valence-corrected chi connectivity index (χ3v) is 5.15. The van der Waals surface area contributed by atoms with Crippen molar-refractivity contribution in [3.63, 3.8) is 0 Å². The topological polar surface area (TPSA) is 64.6 Å². The van der Waals surface area contributed by atoms with Crippen LogP contribution in [0.2, 0.25) is 0 Å². The molecule has 0 bridgehead atoms. The Morgan fingerprint density at radius 3 is 2.60 bits per heavy atom. The summed E-state index contributed by atoms with van der Waals surface area (Å²) in [7, 11) is -1.53. The Labute approximate surface area is 120 Å². The van der Waals surface area contributed by atoms with Crippen molar-refractivity contribution in [3.8, 4) is 11.5 Å². The molecule has 6 heteroatoms. The van der Waals surface area contributed by atoms with Gasteiger partial charge in [0.2, 0.25) is 0 Å². The van der Waals surface area contributed by atoms with Crippen LogP contribution in [0, 0.1) is 0 Å². The van der Waals surface area contributed by atoms with Crippen LogP contribution < -0.4 is 14.8 Å². The van der Waals surface area contributed by atoms with E-state index >= 15 is 0 Å². The van der Waals surface area contributed by atoms with E-state index in [4.69, 9.17) is 9.47 Å². The normalized spacial score (nSPS) is 15.9. The van der Waals surface area contributed by atoms with Gasteiger partial charge in [-0.25, -0.2) is 8.42 Å². The molecule has 0 radical (unpaired) electrons. The van der Waals surface area contributed by atoms with Crippen molar-refractivity contribution in [3.05, 3.63) is 18.2 Å². The molecule has 5 nitrogen and oxygen atoms in total. The van der Waals surface area contributed by atoms with Crippen LogP contribution >= 0.6 is 0 Å². The van der Waals surface area contributed by atoms with Crippen molar-refractivity contribution < 1.29 is 17.9 Å². The van der Waals surface area contributed by atoms with Gasteiger partial charge in [-0.2, -0.15) is 0 Å². The Bertz CT molecular complexity index is 556. The van der Waals surface area contributed by atoms with Crippen LogP contribution in [-0.2, 0) is 9.84 Å². The van der Waals surface area contributed by atoms with Gasteiger partial charge in [0.25, 0.3) is 0 Å². The fraction of sp³-hybridized carbons (Fsp3) is 0.571. The maximum absolute atomic E-state index is 12.4. The second kappa shape index (κ2) is 6.45. The highest BCUT2D eigenvalue weighted by molar-refractivity contribution is 7.91. The number of benzene rings is 1. The summed E-state index contributed by atoms with van der Waals surface area (Å²) in [6.45, 7) is 2.99. The fourth-order valence-corrected chi connectivity index (χ4v) is 3.86. The zero-order valence-corrected chi connectivity index (χ0v) is 12.7. The maximum Gasteiger partial charge on any atom is 0.180 e. The highest BCUT2D eigenvalue weighted by Gasteiger charge is 2.22. The van der Waals surface area contributed by atoms with Crippen molar-refractivity contribution in [1.82, 2.24) is 5.32 Å². The molecule has 0 saturated carbocycles. The van der Waals surface area contributed by atoms with Gasteiger partial charge in [0.05, 0.1) is 10.6 Å². The number of hydrogen-bond acceptors (Lipinski definition) is 5. The van der Waals surface area contributed by atoms with Crippen molar-refractivity contribution in [2.24, 2.45) is 0 Å². The highest BCUT2D eigenvalue weighted by atomic mass is 32.2. The van der Waals surface area contributed by atoms with Crippen LogP contribution in [0.15, 0.2) is 23.1 Å². The summed E-state index contributed by atoms with van der Waals surface area (Å²) in [5.41, 5.74) is 0. The predicted molar refractivity (Wildman–Crippen MR) is 77.2 cm³/mol. The Morgan fingerprint density at radius 2 is 1.95 bits per heavy atom. The van der Waals surface area contributed by atoms with Gasteiger partial charge in [-0.05, 0) is 25.6 Å². The first-order valence-electron chi connectivity index (χ1n) is 6.86. The van der Waals surface area contributed by atoms with Gasteiger partial charge in [0.1, 0.15) is 13.2 Å². The predicted octanol–water partition coefficient (Wildman–Crippen LogP) is 1.62. The molecular formula is C14H21NO4S. The average Bonchev–Trinajstić information content (AvgIpc) is 2.46. The lowest BCUT2D eigenvalue weighted by Crippen LogP contribution is -2.32. The second-order valence-corrected chi connectivity index (χ2v) is 6.90. The molecule has 0 amide bonds. The van der Waals surface area contributed by atoms with Crippen molar-refractivity contribution in [2.75, 3.05) is 26.0 Å². The van der Waals surface area contributed by atoms with Crippen LogP contribution in [-0.4, -0.2) is 40.5 Å². The molecule has 0 saturated heterocycles. The summed E-state index contributed by atoms with van der Waals surface area (Å²) in [4.78, 5) is 0.290. The Balaban J connectivity index is 2.20. The molecule has 1 N–H and O–H groups in total. The summed E-state index contributed by atoms with van der Waals surface area (Å²) in [5.74, 6) is 1.21. The molecule has 112 valence electrons. The van der Waals surface area contributed by atoms with E-state index < -0.39 is 9.84 Å². The molecule has 1 aromatic carbocycles. The smallest absolute Gasteiger partial charge is 0.180 e. The van der Waals surface area contributed by atoms with E-state index in [1.165, 1.54) is 0 Å².